The number of fused-ring (bicyclic) bond motifs is 7. The Kier molecular flexibility index (Phi) is 28.5. The van der Waals surface area contributed by atoms with Gasteiger partial charge in [0.25, 0.3) is 5.91 Å². The standard InChI is InChI=1S/C50H62N8O8S.C46H59N7O8S/c1-29(2)51-48-54-39(28-67-48)38-24-41(35-19-18-32(65-6)22-37(35)52-38)66-33-23-40-43(59)56-50(46(62)63)25-31(50)15-10-8-7-9-11-17-36(45(61)58(40)26-33)53-47(64)55-42(49(3,4)5)27-57-21-20-30-14-12-13-16-34(30)44(57)60;1-26(2)47-45-50-36(25-62-45)35-22-38(32-19-18-30(60-3)20-34(32)48-35)61-31-21-37-41(55)52-46(43(57)58)23-29(46)14-10-5-4-6-11-15-33(42(56)53(37)24-31)49-44(59)51-39(40(54)28-16-17-28)27-12-8-7-9-13-27/h10,12-16,18-19,22,24,28-29,31,33,36,40,42H,7-9,11,17,20-21,23,25-27H2,1-6H3,(H,51,54)(H,56,59)(H,62,63)(H2,53,55,64);10,14,18-20,22,25-29,31,33,37,39H,4-9,11-13,15-17,21,23-24H2,1-3H3,(H,47,50)(H,52,55)(H,57,58)(H2,49,51,59)/b15-10-;14-10-/t31?,33-,36+,40+,42-,50-;29?,31-,33+,37+,39+,46-/m11/s1. The number of carboxylic acids is 2. The molecule has 3 aromatic carbocycles. The minimum atomic E-state index is -1.50. The van der Waals surface area contributed by atoms with Crippen LogP contribution in [-0.4, -0.2) is 216 Å². The van der Waals surface area contributed by atoms with E-state index in [1.807, 2.05) is 144 Å². The summed E-state index contributed by atoms with van der Waals surface area (Å²) in [4.78, 5) is 164. The number of hydrogen-bond acceptors (Lipinski definition) is 22. The summed E-state index contributed by atoms with van der Waals surface area (Å²) in [5.74, 6) is -3.02. The average Bonchev–Trinajstić information content (AvgIpc) is 1.58. The van der Waals surface area contributed by atoms with Crippen molar-refractivity contribution in [3.63, 3.8) is 0 Å². The van der Waals surface area contributed by atoms with E-state index in [0.29, 0.717) is 118 Å². The van der Waals surface area contributed by atoms with Gasteiger partial charge >= 0.3 is 24.0 Å². The maximum absolute atomic E-state index is 15.0. The summed E-state index contributed by atoms with van der Waals surface area (Å²) in [6.45, 7) is 14.9. The van der Waals surface area contributed by atoms with Crippen molar-refractivity contribution in [3.8, 4) is 45.8 Å². The van der Waals surface area contributed by atoms with Crippen molar-refractivity contribution in [3.05, 3.63) is 119 Å². The molecule has 5 aliphatic heterocycles. The second-order valence-electron chi connectivity index (χ2n) is 37.7. The first-order chi connectivity index (χ1) is 61.9. The first-order valence-corrected chi connectivity index (χ1v) is 47.6. The Hall–Kier alpha value is -11.5. The molecule has 9 heterocycles. The molecule has 4 saturated carbocycles. The van der Waals surface area contributed by atoms with Gasteiger partial charge in [-0.05, 0) is 158 Å². The third-order valence-electron chi connectivity index (χ3n) is 26.4. The molecule has 0 radical (unpaired) electrons. The summed E-state index contributed by atoms with van der Waals surface area (Å²) in [5, 5.41) is 51.9. The second kappa shape index (κ2) is 39.9. The molecular weight excluding hydrogens is 1680 g/mol. The lowest BCUT2D eigenvalue weighted by molar-refractivity contribution is -0.146. The molecule has 0 bridgehead atoms. The number of methoxy groups -OCH3 is 2. The van der Waals surface area contributed by atoms with E-state index in [1.165, 1.54) is 32.5 Å². The van der Waals surface area contributed by atoms with Crippen LogP contribution < -0.4 is 61.5 Å². The number of hydrogen-bond donors (Lipinski definition) is 10. The van der Waals surface area contributed by atoms with Crippen LogP contribution in [0.3, 0.4) is 0 Å². The summed E-state index contributed by atoms with van der Waals surface area (Å²) in [6.07, 6.45) is 20.6. The number of carboxylic acid groups (broad SMARTS) is 2. The Bertz CT molecular complexity index is 5410. The van der Waals surface area contributed by atoms with Gasteiger partial charge in [-0.3, -0.25) is 28.8 Å². The van der Waals surface area contributed by atoms with Gasteiger partial charge in [-0.2, -0.15) is 0 Å². The number of pyridine rings is 2. The van der Waals surface area contributed by atoms with Crippen molar-refractivity contribution >= 4 is 114 Å². The van der Waals surface area contributed by atoms with E-state index in [4.69, 9.17) is 38.9 Å². The molecule has 10 N–H and O–H groups in total. The number of nitrogens with zero attached hydrogens (tertiary/aromatic N) is 7. The van der Waals surface area contributed by atoms with Gasteiger partial charge in [0, 0.05) is 107 Å². The number of Topliss-reactive ketones (excluding diaryl/α,β-unsaturated/α-hetero) is 1. The van der Waals surface area contributed by atoms with Gasteiger partial charge in [0.1, 0.15) is 81.8 Å². The third kappa shape index (κ3) is 21.7. The Morgan fingerprint density at radius 2 is 1.05 bits per heavy atom. The van der Waals surface area contributed by atoms with Crippen molar-refractivity contribution in [2.24, 2.45) is 29.1 Å². The summed E-state index contributed by atoms with van der Waals surface area (Å²) in [5.41, 5.74) is 1.81. The molecule has 31 nitrogen and oxygen atoms in total. The molecule has 9 aliphatic rings. The molecule has 2 unspecified atom stereocenters. The summed E-state index contributed by atoms with van der Waals surface area (Å²) >= 11 is 2.92. The number of anilines is 2. The molecule has 0 spiro atoms. The van der Waals surface area contributed by atoms with Gasteiger partial charge in [0.05, 0.1) is 61.8 Å². The largest absolute Gasteiger partial charge is 0.497 e. The highest BCUT2D eigenvalue weighted by Crippen LogP contribution is 2.48. The van der Waals surface area contributed by atoms with Crippen LogP contribution in [0.5, 0.6) is 23.0 Å². The topological polar surface area (TPSA) is 406 Å². The summed E-state index contributed by atoms with van der Waals surface area (Å²) in [7, 11) is 3.16. The number of carbonyl (C=O) groups is 10. The SMILES string of the molecule is COc1ccc2c(O[C@@H]3C[C@H]4C(=O)N[C@]5(C(=O)O)CC5/C=C\CCCCC[C@H](NC(=O)N[C@H](C(=O)C5CC5)C5CCCCC5)C(=O)N4C3)cc(-c3csc(NC(C)C)n3)nc2c1.COc1ccc2c(O[C@@H]3C[C@H]4C(=O)N[C@]5(C(=O)O)CC5/C=C\CCCCC[C@H](NC(=O)N[C@H](CN5CCc6ccccc6C5=O)C(C)(C)C)C(=O)N4C3)cc(-c3csc(NC(C)C)n3)nc2c1. The fourth-order valence-electron chi connectivity index (χ4n) is 18.7. The molecular formula is C96H121N15O16S2. The fraction of sp³-hybridized carbons (Fsp3) is 0.542. The summed E-state index contributed by atoms with van der Waals surface area (Å²) in [6, 6.07) is 16.0. The monoisotopic (exact) mass is 1800 g/mol. The molecule has 2 saturated heterocycles. The van der Waals surface area contributed by atoms with E-state index in [0.717, 1.165) is 92.9 Å². The Labute approximate surface area is 759 Å². The smallest absolute Gasteiger partial charge is 0.330 e. The van der Waals surface area contributed by atoms with Crippen molar-refractivity contribution in [1.82, 2.24) is 66.5 Å². The molecule has 7 aromatic rings. The van der Waals surface area contributed by atoms with Gasteiger partial charge < -0.3 is 86.4 Å². The second-order valence-corrected chi connectivity index (χ2v) is 39.4. The van der Waals surface area contributed by atoms with E-state index in [9.17, 15) is 53.4 Å². The number of rotatable bonds is 23. The van der Waals surface area contributed by atoms with E-state index >= 15 is 4.79 Å². The normalized spacial score (nSPS) is 25.5. The van der Waals surface area contributed by atoms with Crippen molar-refractivity contribution in [2.45, 2.75) is 261 Å². The van der Waals surface area contributed by atoms with Crippen molar-refractivity contribution in [1.29, 1.82) is 0 Å². The Balaban J connectivity index is 0.000000199. The van der Waals surface area contributed by atoms with Crippen LogP contribution in [0.2, 0.25) is 0 Å². The highest BCUT2D eigenvalue weighted by molar-refractivity contribution is 7.14. The van der Waals surface area contributed by atoms with Gasteiger partial charge in [-0.15, -0.1) is 22.7 Å². The predicted molar refractivity (Wildman–Crippen MR) is 491 cm³/mol. The number of benzene rings is 3. The quantitative estimate of drug-likeness (QED) is 0.0266. The average molecular weight is 1810 g/mol. The zero-order valence-corrected chi connectivity index (χ0v) is 76.5. The highest BCUT2D eigenvalue weighted by Gasteiger charge is 2.63. The number of allylic oxidation sites excluding steroid dienone is 2. The number of aromatic nitrogens is 4. The maximum atomic E-state index is 15.0. The number of carbonyl (C=O) groups excluding carboxylic acids is 8. The lowest BCUT2D eigenvalue weighted by Gasteiger charge is -2.38. The first-order valence-electron chi connectivity index (χ1n) is 45.8. The number of ketones is 1. The van der Waals surface area contributed by atoms with Crippen LogP contribution in [0.15, 0.2) is 108 Å². The fourth-order valence-corrected chi connectivity index (χ4v) is 20.4. The number of amides is 9. The molecule has 4 aromatic heterocycles. The van der Waals surface area contributed by atoms with Crippen LogP contribution in [0, 0.1) is 29.1 Å². The molecule has 688 valence electrons. The molecule has 33 heteroatoms. The molecule has 9 amide bonds. The van der Waals surface area contributed by atoms with Gasteiger partial charge in [0.2, 0.25) is 23.6 Å². The van der Waals surface area contributed by atoms with Gasteiger partial charge in [0.15, 0.2) is 16.0 Å². The number of ether oxygens (including phenoxy) is 4. The minimum absolute atomic E-state index is 0.000547. The van der Waals surface area contributed by atoms with E-state index in [1.54, 1.807) is 31.3 Å². The zero-order chi connectivity index (χ0) is 91.2. The van der Waals surface area contributed by atoms with Crippen LogP contribution in [0.25, 0.3) is 44.6 Å². The lowest BCUT2D eigenvalue weighted by Crippen LogP contribution is -2.59. The van der Waals surface area contributed by atoms with Crippen molar-refractivity contribution in [2.75, 3.05) is 51.0 Å². The van der Waals surface area contributed by atoms with Crippen molar-refractivity contribution < 1.29 is 77.1 Å². The van der Waals surface area contributed by atoms with Crippen LogP contribution in [0.4, 0.5) is 19.9 Å². The number of aliphatic carboxylic acids is 2. The number of urea groups is 2. The molecule has 4 aliphatic carbocycles. The summed E-state index contributed by atoms with van der Waals surface area (Å²) < 4.78 is 24.6. The third-order valence-corrected chi connectivity index (χ3v) is 27.9. The van der Waals surface area contributed by atoms with Gasteiger partial charge in [-0.1, -0.05) is 108 Å². The Morgan fingerprint density at radius 3 is 1.51 bits per heavy atom. The molecule has 16 rings (SSSR count). The minimum Gasteiger partial charge on any atom is -0.497 e. The van der Waals surface area contributed by atoms with E-state index in [-0.39, 0.29) is 92.8 Å². The van der Waals surface area contributed by atoms with Gasteiger partial charge in [-0.25, -0.2) is 39.1 Å². The highest BCUT2D eigenvalue weighted by atomic mass is 32.1. The number of thiazole rings is 2. The maximum Gasteiger partial charge on any atom is 0.330 e. The van der Waals surface area contributed by atoms with E-state index in [2.05, 4.69) is 42.5 Å². The molecule has 129 heavy (non-hydrogen) atoms. The zero-order valence-electron chi connectivity index (χ0n) is 74.9. The number of nitrogens with one attached hydrogen (secondary N) is 8. The van der Waals surface area contributed by atoms with Crippen LogP contribution in [0.1, 0.15) is 199 Å². The van der Waals surface area contributed by atoms with Crippen LogP contribution >= 0.6 is 22.7 Å². The predicted octanol–water partition coefficient (Wildman–Crippen LogP) is 13.4. The Morgan fingerprint density at radius 1 is 0.574 bits per heavy atom. The lowest BCUT2D eigenvalue weighted by atomic mass is 9.81. The molecule has 12 atom stereocenters. The molecule has 6 fully saturated rings. The first kappa shape index (κ1) is 92.2. The van der Waals surface area contributed by atoms with E-state index < -0.39 is 113 Å². The van der Waals surface area contributed by atoms with Crippen LogP contribution in [-0.2, 0) is 40.0 Å².